The fourth-order valence-corrected chi connectivity index (χ4v) is 11.8. The second-order valence-corrected chi connectivity index (χ2v) is 18.1. The molecule has 0 atom stereocenters. The lowest BCUT2D eigenvalue weighted by molar-refractivity contribution is -0.155. The van der Waals surface area contributed by atoms with Gasteiger partial charge in [0.15, 0.2) is 0 Å². The Bertz CT molecular complexity index is 1980. The molecule has 5 aromatic rings. The number of rotatable bonds is 11. The summed E-state index contributed by atoms with van der Waals surface area (Å²) in [5, 5.41) is 19.4. The van der Waals surface area contributed by atoms with Gasteiger partial charge >= 0.3 is 24.3 Å². The highest BCUT2D eigenvalue weighted by Crippen LogP contribution is 2.44. The molecule has 276 valence electrons. The van der Waals surface area contributed by atoms with Crippen molar-refractivity contribution in [2.45, 2.75) is 83.7 Å². The molecule has 3 heterocycles. The van der Waals surface area contributed by atoms with E-state index in [1.807, 2.05) is 65.8 Å². The molecule has 0 aliphatic carbocycles. The molecule has 0 saturated heterocycles. The zero-order chi connectivity index (χ0) is 38.1. The number of ether oxygens (including phenoxy) is 1. The lowest BCUT2D eigenvalue weighted by Gasteiger charge is -2.42. The molecule has 0 fully saturated rings. The molecule has 9 nitrogen and oxygen atoms in total. The normalized spacial score (nSPS) is 12.6. The fraction of sp³-hybridized carbons (Fsp3) is 0.371. The summed E-state index contributed by atoms with van der Waals surface area (Å²) in [6.07, 6.45) is -9.58. The van der Waals surface area contributed by atoms with Gasteiger partial charge in [-0.1, -0.05) is 59.7 Å². The molecule has 0 radical (unpaired) electrons. The second-order valence-electron chi connectivity index (χ2n) is 12.7. The van der Waals surface area contributed by atoms with E-state index in [1.54, 1.807) is 18.2 Å². The lowest BCUT2D eigenvalue weighted by Crippen LogP contribution is -2.47. The van der Waals surface area contributed by atoms with Crippen molar-refractivity contribution < 1.29 is 68.6 Å². The van der Waals surface area contributed by atoms with Crippen LogP contribution in [0, 0.1) is 0 Å². The van der Waals surface area contributed by atoms with Gasteiger partial charge in [0.2, 0.25) is 31.4 Å². The van der Waals surface area contributed by atoms with Gasteiger partial charge in [0.05, 0.1) is 6.61 Å². The summed E-state index contributed by atoms with van der Waals surface area (Å²) in [6, 6.07) is 14.0. The Morgan fingerprint density at radius 2 is 1.14 bits per heavy atom. The number of para-hydroxylation sites is 1. The molecule has 2 N–H and O–H groups in total. The van der Waals surface area contributed by atoms with E-state index in [9.17, 15) is 35.9 Å². The molecule has 3 aromatic heterocycles. The van der Waals surface area contributed by atoms with E-state index >= 15 is 0 Å². The van der Waals surface area contributed by atoms with Crippen LogP contribution < -0.4 is 4.74 Å². The van der Waals surface area contributed by atoms with Gasteiger partial charge in [0, 0.05) is 21.9 Å². The first-order valence-corrected chi connectivity index (χ1v) is 17.8. The maximum atomic E-state index is 13.1. The van der Waals surface area contributed by atoms with Crippen molar-refractivity contribution >= 4 is 42.2 Å². The van der Waals surface area contributed by atoms with Crippen LogP contribution in [0.1, 0.15) is 85.3 Å². The van der Waals surface area contributed by atoms with Gasteiger partial charge in [-0.05, 0) is 53.0 Å². The number of benzene rings is 2. The lowest BCUT2D eigenvalue weighted by atomic mass is 10.1. The van der Waals surface area contributed by atoms with Crippen LogP contribution in [-0.2, 0) is 30.0 Å². The maximum Gasteiger partial charge on any atom is 0.449 e. The van der Waals surface area contributed by atoms with Crippen molar-refractivity contribution in [2.24, 2.45) is 0 Å². The number of carboxylic acid groups (broad SMARTS) is 2. The minimum atomic E-state index is -4.82. The van der Waals surface area contributed by atoms with Crippen molar-refractivity contribution in [2.75, 3.05) is 0 Å². The smallest absolute Gasteiger partial charge is 0.449 e. The standard InChI is InChI=1S/C19H11F3O5.C16H25F3O4Si/c20-19(21,22)17-10(7-16(27-17)18(23)24)9-25-11-5-6-15-13(8-11)12-3-1-2-4-14(12)26-15;1-9(2)24(10(3)4,11(5)6)22-8-12-7-13(15(20)21)23-14(12)16(17,18)19/h1-8H,9H2,(H,23,24);7,9-11H,8H2,1-6H3,(H,20,21). The quantitative estimate of drug-likeness (QED) is 0.100. The number of carboxylic acids is 2. The van der Waals surface area contributed by atoms with Crippen LogP contribution in [-0.4, -0.2) is 30.5 Å². The molecule has 16 heteroatoms. The molecule has 0 saturated carbocycles. The van der Waals surface area contributed by atoms with Gasteiger partial charge in [-0.25, -0.2) is 9.59 Å². The van der Waals surface area contributed by atoms with Crippen LogP contribution in [0.5, 0.6) is 5.75 Å². The number of aromatic carboxylic acids is 2. The summed E-state index contributed by atoms with van der Waals surface area (Å²) in [4.78, 5) is 21.8. The predicted octanol–water partition coefficient (Wildman–Crippen LogP) is 11.2. The summed E-state index contributed by atoms with van der Waals surface area (Å²) in [6.45, 7) is 11.3. The van der Waals surface area contributed by atoms with Crippen molar-refractivity contribution in [3.05, 3.63) is 88.8 Å². The van der Waals surface area contributed by atoms with E-state index in [2.05, 4.69) is 8.83 Å². The molecule has 2 aromatic carbocycles. The minimum Gasteiger partial charge on any atom is -0.489 e. The van der Waals surface area contributed by atoms with Crippen LogP contribution >= 0.6 is 0 Å². The van der Waals surface area contributed by atoms with Crippen molar-refractivity contribution in [1.82, 2.24) is 0 Å². The average molecular weight is 743 g/mol. The van der Waals surface area contributed by atoms with E-state index < -0.39 is 67.8 Å². The number of furan rings is 3. The first-order chi connectivity index (χ1) is 23.7. The number of halogens is 6. The van der Waals surface area contributed by atoms with Crippen LogP contribution in [0.4, 0.5) is 26.3 Å². The summed E-state index contributed by atoms with van der Waals surface area (Å²) in [7, 11) is -2.37. The third-order valence-corrected chi connectivity index (χ3v) is 14.5. The SMILES string of the molecule is CC(C)[Si](OCc1cc(C(=O)O)oc1C(F)(F)F)(C(C)C)C(C)C.O=C(O)c1cc(COc2ccc3oc4ccccc4c3c2)c(C(F)(F)F)o1. The highest BCUT2D eigenvalue weighted by Gasteiger charge is 2.46. The Balaban J connectivity index is 0.000000231. The molecule has 0 amide bonds. The highest BCUT2D eigenvalue weighted by molar-refractivity contribution is 6.77. The number of hydrogen-bond donors (Lipinski definition) is 2. The molecular weight excluding hydrogens is 706 g/mol. The minimum absolute atomic E-state index is 0.206. The maximum absolute atomic E-state index is 13.1. The number of carbonyl (C=O) groups is 2. The average Bonchev–Trinajstić information content (AvgIpc) is 3.75. The third-order valence-electron chi connectivity index (χ3n) is 8.48. The topological polar surface area (TPSA) is 132 Å². The van der Waals surface area contributed by atoms with Crippen LogP contribution in [0.3, 0.4) is 0 Å². The molecule has 0 aliphatic rings. The number of hydrogen-bond acceptors (Lipinski definition) is 7. The van der Waals surface area contributed by atoms with Crippen LogP contribution in [0.15, 0.2) is 67.8 Å². The van der Waals surface area contributed by atoms with Gasteiger partial charge in [-0.2, -0.15) is 26.3 Å². The van der Waals surface area contributed by atoms with Crippen molar-refractivity contribution in [3.8, 4) is 5.75 Å². The molecule has 0 aliphatic heterocycles. The van der Waals surface area contributed by atoms with Gasteiger partial charge in [-0.15, -0.1) is 0 Å². The number of fused-ring (bicyclic) bond motifs is 3. The third kappa shape index (κ3) is 8.44. The Labute approximate surface area is 288 Å². The van der Waals surface area contributed by atoms with Crippen LogP contribution in [0.2, 0.25) is 16.6 Å². The monoisotopic (exact) mass is 742 g/mol. The summed E-state index contributed by atoms with van der Waals surface area (Å²) in [5.41, 5.74) is 1.27. The summed E-state index contributed by atoms with van der Waals surface area (Å²) in [5.74, 6) is -7.00. The molecule has 5 rings (SSSR count). The van der Waals surface area contributed by atoms with E-state index in [4.69, 9.17) is 23.8 Å². The number of alkyl halides is 6. The Morgan fingerprint density at radius 3 is 1.61 bits per heavy atom. The van der Waals surface area contributed by atoms with Gasteiger partial charge < -0.3 is 32.6 Å². The van der Waals surface area contributed by atoms with Crippen molar-refractivity contribution in [3.63, 3.8) is 0 Å². The first kappa shape index (κ1) is 39.1. The summed E-state index contributed by atoms with van der Waals surface area (Å²) < 4.78 is 105. The molecule has 51 heavy (non-hydrogen) atoms. The Kier molecular flexibility index (Phi) is 11.4. The molecule has 0 unspecified atom stereocenters. The molecule has 0 bridgehead atoms. The Morgan fingerprint density at radius 1 is 0.667 bits per heavy atom. The first-order valence-electron chi connectivity index (χ1n) is 15.7. The predicted molar refractivity (Wildman–Crippen MR) is 175 cm³/mol. The van der Waals surface area contributed by atoms with E-state index in [0.717, 1.165) is 22.9 Å². The second kappa shape index (κ2) is 14.9. The summed E-state index contributed by atoms with van der Waals surface area (Å²) >= 11 is 0. The van der Waals surface area contributed by atoms with Crippen LogP contribution in [0.25, 0.3) is 21.9 Å². The van der Waals surface area contributed by atoms with E-state index in [-0.39, 0.29) is 28.8 Å². The zero-order valence-corrected chi connectivity index (χ0v) is 29.4. The van der Waals surface area contributed by atoms with Gasteiger partial charge in [0.1, 0.15) is 23.5 Å². The van der Waals surface area contributed by atoms with E-state index in [0.29, 0.717) is 16.9 Å². The zero-order valence-electron chi connectivity index (χ0n) is 28.4. The molecule has 0 spiro atoms. The fourth-order valence-electron chi connectivity index (χ4n) is 6.42. The van der Waals surface area contributed by atoms with E-state index in [1.165, 1.54) is 0 Å². The molecular formula is C35H36F6O9Si. The highest BCUT2D eigenvalue weighted by atomic mass is 28.4. The Hall–Kier alpha value is -4.70. The largest absolute Gasteiger partial charge is 0.489 e. The van der Waals surface area contributed by atoms with Crippen molar-refractivity contribution in [1.29, 1.82) is 0 Å². The van der Waals surface area contributed by atoms with Gasteiger partial charge in [0.25, 0.3) is 0 Å². The van der Waals surface area contributed by atoms with Gasteiger partial charge in [-0.3, -0.25) is 0 Å².